The highest BCUT2D eigenvalue weighted by Crippen LogP contribution is 2.42. The fourth-order valence-corrected chi connectivity index (χ4v) is 11.1. The summed E-state index contributed by atoms with van der Waals surface area (Å²) in [7, 11) is 4.64. The Morgan fingerprint density at radius 3 is 2.14 bits per heavy atom. The molecule has 5 N–H and O–H groups in total. The average molecular weight is 1060 g/mol. The zero-order chi connectivity index (χ0) is 55.4. The van der Waals surface area contributed by atoms with E-state index in [2.05, 4.69) is 21.3 Å². The highest BCUT2D eigenvalue weighted by atomic mass is 16.6. The highest BCUT2D eigenvalue weighted by Gasteiger charge is 2.52. The van der Waals surface area contributed by atoms with Gasteiger partial charge in [-0.2, -0.15) is 0 Å². The van der Waals surface area contributed by atoms with Crippen molar-refractivity contribution in [2.75, 3.05) is 33.1 Å². The Hall–Kier alpha value is -7.13. The van der Waals surface area contributed by atoms with Gasteiger partial charge in [-0.1, -0.05) is 83.5 Å². The molecule has 1 aliphatic carbocycles. The molecule has 11 atom stereocenters. The van der Waals surface area contributed by atoms with Crippen molar-refractivity contribution in [1.82, 2.24) is 30.7 Å². The second kappa shape index (κ2) is 26.6. The SMILES string of the molecule is CC[C@H](C)[C@@H]([C@@H](CC(=O)N1CCC[C@H]1[C@H](OC)[C@@H](C)C(=O)N[C@@H](Cc1ccccc1)C(=O)Nc1ccc(CNC(=O)Oc2ccc([N+](=O)[O-])cc2)cc1)OC)N(C)C(=O)[C@@H](NC(=O)C1C2CCC(C2)N1C(=O)O)C(C)C. The summed E-state index contributed by atoms with van der Waals surface area (Å²) < 4.78 is 17.3. The number of nitrogens with one attached hydrogen (secondary N) is 4. The first-order valence-corrected chi connectivity index (χ1v) is 26.1. The number of benzene rings is 3. The summed E-state index contributed by atoms with van der Waals surface area (Å²) in [5.41, 5.74) is 1.78. The number of likely N-dealkylation sites (N-methyl/N-ethyl adjacent to an activating group) is 1. The van der Waals surface area contributed by atoms with Gasteiger partial charge < -0.3 is 50.4 Å². The van der Waals surface area contributed by atoms with Gasteiger partial charge in [-0.3, -0.25) is 39.0 Å². The molecule has 3 fully saturated rings. The predicted octanol–water partition coefficient (Wildman–Crippen LogP) is 6.14. The van der Waals surface area contributed by atoms with Crippen LogP contribution < -0.4 is 26.0 Å². The first-order valence-electron chi connectivity index (χ1n) is 26.1. The van der Waals surface area contributed by atoms with Gasteiger partial charge in [0.15, 0.2) is 0 Å². The van der Waals surface area contributed by atoms with Crippen molar-refractivity contribution in [3.05, 3.63) is 100 Å². The Balaban J connectivity index is 1.09. The summed E-state index contributed by atoms with van der Waals surface area (Å²) in [4.78, 5) is 111. The number of non-ortho nitro benzene ring substituents is 1. The second-order valence-electron chi connectivity index (χ2n) is 20.6. The third-order valence-corrected chi connectivity index (χ3v) is 15.4. The van der Waals surface area contributed by atoms with E-state index in [1.54, 1.807) is 48.0 Å². The fourth-order valence-electron chi connectivity index (χ4n) is 11.1. The molecule has 3 aromatic carbocycles. The molecule has 6 rings (SSSR count). The molecule has 0 spiro atoms. The number of ether oxygens (including phenoxy) is 3. The maximum Gasteiger partial charge on any atom is 0.412 e. The van der Waals surface area contributed by atoms with E-state index in [1.807, 2.05) is 58.0 Å². The summed E-state index contributed by atoms with van der Waals surface area (Å²) in [5, 5.41) is 32.3. The van der Waals surface area contributed by atoms with Gasteiger partial charge in [0, 0.05) is 64.6 Å². The molecule has 2 bridgehead atoms. The van der Waals surface area contributed by atoms with Crippen molar-refractivity contribution in [2.45, 2.75) is 141 Å². The number of nitro benzene ring substituents is 1. The number of anilines is 1. The largest absolute Gasteiger partial charge is 0.465 e. The molecule has 0 radical (unpaired) electrons. The van der Waals surface area contributed by atoms with Crippen LogP contribution >= 0.6 is 0 Å². The van der Waals surface area contributed by atoms with Crippen LogP contribution in [0.3, 0.4) is 0 Å². The lowest BCUT2D eigenvalue weighted by molar-refractivity contribution is -0.384. The minimum absolute atomic E-state index is 0.0833. The number of carbonyl (C=O) groups is 7. The van der Waals surface area contributed by atoms with Gasteiger partial charge >= 0.3 is 12.2 Å². The van der Waals surface area contributed by atoms with Crippen molar-refractivity contribution < 1.29 is 57.8 Å². The van der Waals surface area contributed by atoms with Gasteiger partial charge in [-0.05, 0) is 85.3 Å². The standard InChI is InChI=1S/C55H74N8O13/c1-9-33(4)47(60(6)53(68)46(32(2)3)59-52(67)48-37-19-22-40(29-37)62(48)55(70)71)44(74-7)30-45(64)61-27-13-16-43(61)49(75-8)34(5)50(65)58-42(28-35-14-11-10-12-15-35)51(66)57-38-20-17-36(18-21-38)31-56-54(69)76-41-25-23-39(24-26-41)63(72)73/h10-12,14-15,17-18,20-21,23-26,32-34,37,40,42-44,46-49H,9,13,16,19,22,27-31H2,1-8H3,(H,56,69)(H,57,66)(H,58,65)(H,59,67)(H,70,71)/t33-,34+,37?,40?,42-,43-,44+,46-,47-,48?,49+/m0/s1. The van der Waals surface area contributed by atoms with Crippen molar-refractivity contribution in [3.8, 4) is 5.75 Å². The second-order valence-corrected chi connectivity index (χ2v) is 20.6. The normalized spacial score (nSPS) is 20.6. The van der Waals surface area contributed by atoms with Crippen LogP contribution in [0.5, 0.6) is 5.75 Å². The Morgan fingerprint density at radius 1 is 0.855 bits per heavy atom. The zero-order valence-electron chi connectivity index (χ0n) is 44.6. The number of nitro groups is 1. The number of fused-ring (bicyclic) bond motifs is 2. The number of carbonyl (C=O) groups excluding carboxylic acids is 6. The number of rotatable bonds is 24. The van der Waals surface area contributed by atoms with Crippen LogP contribution in [0.1, 0.15) is 90.7 Å². The Bertz CT molecular complexity index is 2510. The van der Waals surface area contributed by atoms with Crippen LogP contribution in [0, 0.1) is 33.8 Å². The molecule has 7 amide bonds. The van der Waals surface area contributed by atoms with Crippen LogP contribution in [0.2, 0.25) is 0 Å². The molecule has 3 aromatic rings. The van der Waals surface area contributed by atoms with Crippen molar-refractivity contribution >= 4 is 53.1 Å². The van der Waals surface area contributed by atoms with Gasteiger partial charge in [0.2, 0.25) is 29.5 Å². The molecule has 21 nitrogen and oxygen atoms in total. The number of hydrogen-bond donors (Lipinski definition) is 5. The van der Waals surface area contributed by atoms with Crippen LogP contribution in [-0.4, -0.2) is 143 Å². The van der Waals surface area contributed by atoms with E-state index in [0.717, 1.165) is 12.0 Å². The van der Waals surface area contributed by atoms with E-state index < -0.39 is 83.2 Å². The summed E-state index contributed by atoms with van der Waals surface area (Å²) in [6.45, 7) is 9.79. The number of nitrogens with zero attached hydrogens (tertiary/aromatic N) is 4. The van der Waals surface area contributed by atoms with Gasteiger partial charge in [0.25, 0.3) is 5.69 Å². The molecule has 76 heavy (non-hydrogen) atoms. The zero-order valence-corrected chi connectivity index (χ0v) is 44.6. The van der Waals surface area contributed by atoms with Crippen LogP contribution in [-0.2, 0) is 46.4 Å². The number of methoxy groups -OCH3 is 2. The average Bonchev–Trinajstić information content (AvgIpc) is 4.18. The molecule has 3 aliphatic rings. The van der Waals surface area contributed by atoms with Gasteiger partial charge in [0.1, 0.15) is 23.9 Å². The quantitative estimate of drug-likeness (QED) is 0.0499. The first kappa shape index (κ1) is 58.1. The van der Waals surface area contributed by atoms with Gasteiger partial charge in [-0.25, -0.2) is 9.59 Å². The monoisotopic (exact) mass is 1050 g/mol. The molecule has 2 saturated heterocycles. The van der Waals surface area contributed by atoms with E-state index in [-0.39, 0.29) is 66.4 Å². The van der Waals surface area contributed by atoms with Gasteiger partial charge in [0.05, 0.1) is 41.6 Å². The molecular formula is C55H74N8O13. The molecule has 21 heteroatoms. The predicted molar refractivity (Wildman–Crippen MR) is 281 cm³/mol. The first-order chi connectivity index (χ1) is 36.3. The van der Waals surface area contributed by atoms with E-state index in [4.69, 9.17) is 14.2 Å². The summed E-state index contributed by atoms with van der Waals surface area (Å²) in [6, 6.07) is 16.9. The molecule has 1 saturated carbocycles. The number of hydrogen-bond acceptors (Lipinski definition) is 12. The highest BCUT2D eigenvalue weighted by molar-refractivity contribution is 5.98. The number of amides is 7. The van der Waals surface area contributed by atoms with Crippen molar-refractivity contribution in [3.63, 3.8) is 0 Å². The topological polar surface area (TPSA) is 268 Å². The van der Waals surface area contributed by atoms with Crippen LogP contribution in [0.4, 0.5) is 21.0 Å². The molecule has 412 valence electrons. The fraction of sp³-hybridized carbons (Fsp3) is 0.545. The van der Waals surface area contributed by atoms with Crippen LogP contribution in [0.15, 0.2) is 78.9 Å². The minimum Gasteiger partial charge on any atom is -0.465 e. The summed E-state index contributed by atoms with van der Waals surface area (Å²) >= 11 is 0. The molecule has 2 aliphatic heterocycles. The lowest BCUT2D eigenvalue weighted by Crippen LogP contribution is -2.60. The molecule has 3 unspecified atom stereocenters. The number of piperidine rings is 1. The number of likely N-dealkylation sites (tertiary alicyclic amines) is 2. The molecular weight excluding hydrogens is 981 g/mol. The third-order valence-electron chi connectivity index (χ3n) is 15.4. The Morgan fingerprint density at radius 2 is 1.54 bits per heavy atom. The van der Waals surface area contributed by atoms with Crippen molar-refractivity contribution in [1.29, 1.82) is 0 Å². The Labute approximate surface area is 443 Å². The van der Waals surface area contributed by atoms with E-state index >= 15 is 0 Å². The Kier molecular flexibility index (Phi) is 20.3. The maximum atomic E-state index is 14.5. The summed E-state index contributed by atoms with van der Waals surface area (Å²) in [5.74, 6) is -3.34. The maximum absolute atomic E-state index is 14.5. The minimum atomic E-state index is -1.15. The van der Waals surface area contributed by atoms with Crippen LogP contribution in [0.25, 0.3) is 0 Å². The van der Waals surface area contributed by atoms with E-state index in [1.165, 1.54) is 43.4 Å². The summed E-state index contributed by atoms with van der Waals surface area (Å²) in [6.07, 6.45) is 0.535. The molecule has 0 aromatic heterocycles. The number of carboxylic acid groups (broad SMARTS) is 1. The third kappa shape index (κ3) is 14.2. The lowest BCUT2D eigenvalue weighted by Gasteiger charge is -2.41. The lowest BCUT2D eigenvalue weighted by atomic mass is 9.89. The smallest absolute Gasteiger partial charge is 0.412 e. The van der Waals surface area contributed by atoms with E-state index in [0.29, 0.717) is 49.9 Å². The van der Waals surface area contributed by atoms with Crippen molar-refractivity contribution in [2.24, 2.45) is 23.7 Å². The van der Waals surface area contributed by atoms with Gasteiger partial charge in [-0.15, -0.1) is 0 Å². The van der Waals surface area contributed by atoms with E-state index in [9.17, 15) is 48.8 Å². The molecule has 2 heterocycles.